The molecule has 0 amide bonds. The van der Waals surface area contributed by atoms with Crippen LogP contribution in [0, 0.1) is 33.5 Å². The topological polar surface area (TPSA) is 0 Å². The summed E-state index contributed by atoms with van der Waals surface area (Å²) >= 11 is 0. The summed E-state index contributed by atoms with van der Waals surface area (Å²) in [5.74, 6) is 1.67. The molecule has 0 heteroatoms. The van der Waals surface area contributed by atoms with Gasteiger partial charge in [-0.05, 0) is 65.8 Å². The normalized spacial score (nSPS) is 9.48. The molecule has 0 spiro atoms. The van der Waals surface area contributed by atoms with E-state index in [9.17, 15) is 0 Å². The lowest BCUT2D eigenvalue weighted by atomic mass is 10.0. The minimum Gasteiger partial charge on any atom is -0.0776 e. The molecule has 9 aromatic rings. The van der Waals surface area contributed by atoms with E-state index >= 15 is 0 Å². The summed E-state index contributed by atoms with van der Waals surface area (Å²) in [5.41, 5.74) is 2.00. The van der Waals surface area contributed by atoms with Crippen molar-refractivity contribution < 1.29 is 0 Å². The minimum absolute atomic E-state index is 0. The van der Waals surface area contributed by atoms with Gasteiger partial charge in [-0.1, -0.05) is 442 Å². The summed E-state index contributed by atoms with van der Waals surface area (Å²) in [6.07, 6.45) is 0. The van der Waals surface area contributed by atoms with E-state index < -0.39 is 0 Å². The monoisotopic (exact) mass is 1100 g/mol. The van der Waals surface area contributed by atoms with Gasteiger partial charge < -0.3 is 0 Å². The highest BCUT2D eigenvalue weighted by Gasteiger charge is 1.97. The molecule has 0 N–H and O–H groups in total. The Morgan fingerprint density at radius 2 is 0.222 bits per heavy atom. The Morgan fingerprint density at radius 1 is 0.173 bits per heavy atom. The van der Waals surface area contributed by atoms with E-state index in [-0.39, 0.29) is 7.43 Å². The summed E-state index contributed by atoms with van der Waals surface area (Å²) in [4.78, 5) is 0. The van der Waals surface area contributed by atoms with Crippen LogP contribution in [0.2, 0.25) is 0 Å². The minimum atomic E-state index is 0. The van der Waals surface area contributed by atoms with Crippen molar-refractivity contribution in [3.8, 4) is 0 Å². The van der Waals surface area contributed by atoms with Gasteiger partial charge in [0.25, 0.3) is 0 Å². The third-order valence-electron chi connectivity index (χ3n) is 6.98. The van der Waals surface area contributed by atoms with Crippen molar-refractivity contribution in [1.29, 1.82) is 0 Å². The molecule has 0 aliphatic rings. The van der Waals surface area contributed by atoms with Gasteiger partial charge in [-0.3, -0.25) is 0 Å². The van der Waals surface area contributed by atoms with E-state index in [1.54, 1.807) is 0 Å². The van der Waals surface area contributed by atoms with E-state index in [2.05, 4.69) is 298 Å². The number of benzene rings is 9. The molecule has 0 bridgehead atoms. The van der Waals surface area contributed by atoms with Crippen molar-refractivity contribution in [2.45, 2.75) is 187 Å². The van der Waals surface area contributed by atoms with Gasteiger partial charge in [0.05, 0.1) is 0 Å². The maximum Gasteiger partial charge on any atom is -0.0184 e. The number of rotatable bonds is 0. The van der Waals surface area contributed by atoms with Crippen LogP contribution in [0.1, 0.15) is 187 Å². The fraction of sp³-hybridized carbons (Fsp3) is 0.407. The first-order valence-electron chi connectivity index (χ1n) is 29.7. The highest BCUT2D eigenvalue weighted by atomic mass is 14.0. The molecule has 0 atom stereocenters. The van der Waals surface area contributed by atoms with Gasteiger partial charge in [0, 0.05) is 0 Å². The van der Waals surface area contributed by atoms with Gasteiger partial charge in [0.15, 0.2) is 0 Å². The van der Waals surface area contributed by atoms with Crippen LogP contribution in [0.5, 0.6) is 0 Å². The maximum atomic E-state index is 2.19. The zero-order valence-electron chi connectivity index (χ0n) is 56.4. The standard InChI is InChI=1S/3C10H8.3C6H6.4C5H12.2C4H10.2C2H6.CH4/c3*1-2-6-10-8-4-3-7-9(10)5-1;3*1-2-4-6-5-3-1;4*1-5(2,3)4;2*1-4(2)3;2*1-2;/h3*1-8H;3*1-6H;4*1-4H3;2*4H,1-3H3;2*1-2H3;1H4. The lowest BCUT2D eigenvalue weighted by Gasteiger charge is -2.05. The molecule has 0 aliphatic carbocycles. The first-order valence-corrected chi connectivity index (χ1v) is 29.7. The fourth-order valence-corrected chi connectivity index (χ4v) is 4.55. The van der Waals surface area contributed by atoms with Crippen molar-refractivity contribution in [3.05, 3.63) is 255 Å². The fourth-order valence-electron chi connectivity index (χ4n) is 4.55. The molecule has 0 saturated carbocycles. The molecule has 0 nitrogen and oxygen atoms in total. The summed E-state index contributed by atoms with van der Waals surface area (Å²) in [5, 5.41) is 7.86. The zero-order chi connectivity index (χ0) is 62.3. The van der Waals surface area contributed by atoms with Crippen LogP contribution in [-0.2, 0) is 0 Å². The first-order chi connectivity index (χ1) is 37.4. The van der Waals surface area contributed by atoms with Crippen LogP contribution in [0.3, 0.4) is 0 Å². The van der Waals surface area contributed by atoms with Gasteiger partial charge in [0.1, 0.15) is 0 Å². The average molecular weight is 1100 g/mol. The van der Waals surface area contributed by atoms with E-state index in [1.165, 1.54) is 32.3 Å². The maximum absolute atomic E-state index is 2.19. The van der Waals surface area contributed by atoms with Crippen molar-refractivity contribution in [3.63, 3.8) is 0 Å². The number of fused-ring (bicyclic) bond motifs is 3. The molecule has 0 fully saturated rings. The van der Waals surface area contributed by atoms with Crippen LogP contribution in [0.15, 0.2) is 255 Å². The SMILES string of the molecule is C.CC.CC.CC(C)(C)C.CC(C)(C)C.CC(C)(C)C.CC(C)(C)C.CC(C)C.CC(C)C.c1ccc2ccccc2c1.c1ccc2ccccc2c1.c1ccc2ccccc2c1.c1ccccc1.c1ccccc1.c1ccccc1. The lowest BCUT2D eigenvalue weighted by molar-refractivity contribution is 0.469. The van der Waals surface area contributed by atoms with Gasteiger partial charge in [-0.2, -0.15) is 0 Å². The molecular formula is C81H126. The quantitative estimate of drug-likeness (QED) is 0.142. The van der Waals surface area contributed by atoms with Crippen LogP contribution < -0.4 is 0 Å². The summed E-state index contributed by atoms with van der Waals surface area (Å²) in [7, 11) is 0. The van der Waals surface area contributed by atoms with Crippen LogP contribution >= 0.6 is 0 Å². The molecule has 0 heterocycles. The Morgan fingerprint density at radius 3 is 0.272 bits per heavy atom. The Labute approximate surface area is 505 Å². The molecule has 0 radical (unpaired) electrons. The first kappa shape index (κ1) is 86.0. The number of hydrogen-bond donors (Lipinski definition) is 0. The molecule has 9 rings (SSSR count). The Hall–Kier alpha value is -6.24. The molecule has 450 valence electrons. The second-order valence-electron chi connectivity index (χ2n) is 26.0. The molecule has 0 aromatic heterocycles. The number of hydrogen-bond acceptors (Lipinski definition) is 0. The Bertz CT molecular complexity index is 1950. The summed E-state index contributed by atoms with van der Waals surface area (Å²) in [6, 6.07) is 86.1. The van der Waals surface area contributed by atoms with Gasteiger partial charge in [-0.15, -0.1) is 0 Å². The molecular weight excluding hydrogens is 973 g/mol. The van der Waals surface area contributed by atoms with Crippen LogP contribution in [0.4, 0.5) is 0 Å². The van der Waals surface area contributed by atoms with Crippen molar-refractivity contribution in [2.24, 2.45) is 33.5 Å². The molecule has 0 unspecified atom stereocenters. The summed E-state index contributed by atoms with van der Waals surface area (Å²) in [6.45, 7) is 56.0. The third-order valence-corrected chi connectivity index (χ3v) is 6.98. The van der Waals surface area contributed by atoms with Crippen LogP contribution in [-0.4, -0.2) is 0 Å². The van der Waals surface area contributed by atoms with E-state index in [0.717, 1.165) is 11.8 Å². The van der Waals surface area contributed by atoms with Crippen molar-refractivity contribution in [2.75, 3.05) is 0 Å². The lowest BCUT2D eigenvalue weighted by Crippen LogP contribution is -1.93. The van der Waals surface area contributed by atoms with Crippen LogP contribution in [0.25, 0.3) is 32.3 Å². The second kappa shape index (κ2) is 55.7. The Balaban J connectivity index is -0.000000191. The molecule has 0 saturated heterocycles. The largest absolute Gasteiger partial charge is 0.0776 e. The molecule has 9 aromatic carbocycles. The highest BCUT2D eigenvalue weighted by molar-refractivity contribution is 5.83. The average Bonchev–Trinajstić information content (AvgIpc) is 3.40. The van der Waals surface area contributed by atoms with E-state index in [4.69, 9.17) is 0 Å². The molecule has 81 heavy (non-hydrogen) atoms. The highest BCUT2D eigenvalue weighted by Crippen LogP contribution is 2.14. The van der Waals surface area contributed by atoms with Gasteiger partial charge >= 0.3 is 0 Å². The predicted molar refractivity (Wildman–Crippen MR) is 382 cm³/mol. The summed E-state index contributed by atoms with van der Waals surface area (Å²) < 4.78 is 0. The smallest absolute Gasteiger partial charge is 0.0184 e. The van der Waals surface area contributed by atoms with E-state index in [1.807, 2.05) is 137 Å². The Kier molecular flexibility index (Phi) is 59.1. The third kappa shape index (κ3) is 87.8. The van der Waals surface area contributed by atoms with Gasteiger partial charge in [0.2, 0.25) is 0 Å². The zero-order valence-corrected chi connectivity index (χ0v) is 56.4. The van der Waals surface area contributed by atoms with Crippen molar-refractivity contribution in [1.82, 2.24) is 0 Å². The van der Waals surface area contributed by atoms with E-state index in [0.29, 0.717) is 21.7 Å². The predicted octanol–water partition coefficient (Wildman–Crippen LogP) is 27.8. The second-order valence-corrected chi connectivity index (χ2v) is 26.0. The van der Waals surface area contributed by atoms with Gasteiger partial charge in [-0.25, -0.2) is 0 Å². The molecule has 0 aliphatic heterocycles. The van der Waals surface area contributed by atoms with Crippen molar-refractivity contribution >= 4 is 32.3 Å².